The highest BCUT2D eigenvalue weighted by molar-refractivity contribution is 6.03. The van der Waals surface area contributed by atoms with Crippen molar-refractivity contribution >= 4 is 22.5 Å². The summed E-state index contributed by atoms with van der Waals surface area (Å²) in [6.07, 6.45) is 0. The van der Waals surface area contributed by atoms with E-state index in [4.69, 9.17) is 6.11 Å². The summed E-state index contributed by atoms with van der Waals surface area (Å²) in [5, 5.41) is 13.7. The lowest BCUT2D eigenvalue weighted by molar-refractivity contribution is -0.116. The molecule has 2 N–H and O–H groups in total. The number of hydrogen-bond acceptors (Lipinski definition) is 5. The minimum absolute atomic E-state index is 0.227. The van der Waals surface area contributed by atoms with Gasteiger partial charge in [-0.1, -0.05) is 18.2 Å². The van der Waals surface area contributed by atoms with Crippen molar-refractivity contribution in [2.75, 3.05) is 6.52 Å². The zero-order valence-corrected chi connectivity index (χ0v) is 14.3. The number of pyridine rings is 1. The molecule has 0 fully saturated rings. The Kier molecular flexibility index (Phi) is 4.47. The average molecular weight is 351 g/mol. The molecule has 2 aromatic carbocycles. The molecule has 3 rings (SSSR count). The van der Waals surface area contributed by atoms with Gasteiger partial charge in [-0.15, -0.1) is 0 Å². The van der Waals surface area contributed by atoms with Gasteiger partial charge >= 0.3 is 0 Å². The normalized spacial score (nSPS) is 12.3. The first-order valence-corrected chi connectivity index (χ1v) is 7.96. The highest BCUT2D eigenvalue weighted by Gasteiger charge is 2.18. The molecule has 6 heteroatoms. The monoisotopic (exact) mass is 351 g/mol. The number of ether oxygens (including phenoxy) is 1. The van der Waals surface area contributed by atoms with E-state index >= 15 is 0 Å². The lowest BCUT2D eigenvalue weighted by Gasteiger charge is -2.12. The predicted octanol–water partition coefficient (Wildman–Crippen LogP) is 3.36. The number of hydrogen-bond donors (Lipinski definition) is 2. The number of nitrogens with zero attached hydrogens (tertiary/aromatic N) is 1. The fourth-order valence-electron chi connectivity index (χ4n) is 2.52. The highest BCUT2D eigenvalue weighted by atomic mass is 16.5. The fraction of sp³-hybridized carbons (Fsp3) is 0.150. The molecule has 132 valence electrons. The number of aromatic nitrogens is 1. The Morgan fingerprint density at radius 3 is 2.58 bits per heavy atom. The van der Waals surface area contributed by atoms with Crippen molar-refractivity contribution in [1.29, 1.82) is 0 Å². The number of rotatable bonds is 5. The van der Waals surface area contributed by atoms with Gasteiger partial charge in [-0.3, -0.25) is 9.59 Å². The van der Waals surface area contributed by atoms with E-state index < -0.39 is 18.2 Å². The first kappa shape index (κ1) is 16.1. The van der Waals surface area contributed by atoms with Crippen LogP contribution in [0.5, 0.6) is 17.2 Å². The minimum Gasteiger partial charge on any atom is -0.505 e. The molecule has 1 amide bonds. The first-order valence-electron chi connectivity index (χ1n) is 8.54. The summed E-state index contributed by atoms with van der Waals surface area (Å²) < 4.78 is 13.3. The third-order valence-electron chi connectivity index (χ3n) is 3.74. The zero-order chi connectivity index (χ0) is 19.6. The molecule has 1 atom stereocenters. The smallest absolute Gasteiger partial charge is 0.274 e. The Balaban J connectivity index is 1.96. The second kappa shape index (κ2) is 7.23. The Hall–Kier alpha value is -3.41. The number of ketones is 1. The fourth-order valence-corrected chi connectivity index (χ4v) is 2.52. The Bertz CT molecular complexity index is 1020. The van der Waals surface area contributed by atoms with Crippen LogP contribution in [0, 0.1) is 6.92 Å². The van der Waals surface area contributed by atoms with E-state index in [1.807, 2.05) is 30.3 Å². The van der Waals surface area contributed by atoms with Crippen LogP contribution >= 0.6 is 0 Å². The van der Waals surface area contributed by atoms with Gasteiger partial charge in [-0.2, -0.15) is 0 Å². The van der Waals surface area contributed by atoms with E-state index in [1.54, 1.807) is 25.1 Å². The van der Waals surface area contributed by atoms with Gasteiger partial charge in [0.15, 0.2) is 11.4 Å². The van der Waals surface area contributed by atoms with Crippen molar-refractivity contribution < 1.29 is 20.8 Å². The standard InChI is InChI=1S/C20H18N2O4/c1-12(23)11-21-20(25)18-19(24)16-9-8-15(10-17(16)13(2)22-18)26-14-6-4-3-5-7-14/h3-10,24H,11H2,1-2H3,(H,21,25)/i11D. The van der Waals surface area contributed by atoms with Gasteiger partial charge in [0, 0.05) is 16.5 Å². The molecule has 0 radical (unpaired) electrons. The number of carbonyl (C=O) groups excluding carboxylic acids is 2. The van der Waals surface area contributed by atoms with Gasteiger partial charge in [-0.25, -0.2) is 4.98 Å². The van der Waals surface area contributed by atoms with Crippen LogP contribution in [0.25, 0.3) is 10.8 Å². The molecule has 3 aromatic rings. The number of para-hydroxylation sites is 1. The van der Waals surface area contributed by atoms with Crippen molar-refractivity contribution in [1.82, 2.24) is 10.3 Å². The number of amides is 1. The molecule has 0 saturated carbocycles. The molecular weight excluding hydrogens is 332 g/mol. The molecule has 0 spiro atoms. The van der Waals surface area contributed by atoms with E-state index in [2.05, 4.69) is 10.3 Å². The van der Waals surface area contributed by atoms with Crippen LogP contribution in [0.2, 0.25) is 0 Å². The molecule has 1 unspecified atom stereocenters. The van der Waals surface area contributed by atoms with E-state index in [1.165, 1.54) is 6.92 Å². The summed E-state index contributed by atoms with van der Waals surface area (Å²) in [7, 11) is 0. The van der Waals surface area contributed by atoms with Gasteiger partial charge in [0.25, 0.3) is 5.91 Å². The molecule has 0 bridgehead atoms. The summed E-state index contributed by atoms with van der Waals surface area (Å²) in [5.74, 6) is -0.359. The molecular formula is C20H18N2O4. The molecule has 1 aromatic heterocycles. The number of Topliss-reactive ketones (excluding diaryl/α,β-unsaturated/α-hetero) is 1. The molecule has 0 aliphatic carbocycles. The highest BCUT2D eigenvalue weighted by Crippen LogP contribution is 2.33. The maximum atomic E-state index is 12.3. The van der Waals surface area contributed by atoms with Crippen LogP contribution in [-0.2, 0) is 4.79 Å². The lowest BCUT2D eigenvalue weighted by Crippen LogP contribution is -2.29. The van der Waals surface area contributed by atoms with E-state index in [9.17, 15) is 14.7 Å². The number of aryl methyl sites for hydroxylation is 1. The lowest BCUT2D eigenvalue weighted by atomic mass is 10.1. The Morgan fingerprint density at radius 1 is 1.15 bits per heavy atom. The Morgan fingerprint density at radius 2 is 1.88 bits per heavy atom. The van der Waals surface area contributed by atoms with Gasteiger partial charge < -0.3 is 15.2 Å². The Labute approximate surface area is 151 Å². The summed E-state index contributed by atoms with van der Waals surface area (Å²) in [4.78, 5) is 27.6. The van der Waals surface area contributed by atoms with E-state index in [0.717, 1.165) is 0 Å². The van der Waals surface area contributed by atoms with Crippen molar-refractivity contribution in [3.63, 3.8) is 0 Å². The van der Waals surface area contributed by atoms with Crippen LogP contribution in [0.3, 0.4) is 0 Å². The van der Waals surface area contributed by atoms with E-state index in [-0.39, 0.29) is 11.4 Å². The molecule has 0 saturated heterocycles. The van der Waals surface area contributed by atoms with Gasteiger partial charge in [0.05, 0.1) is 7.89 Å². The maximum Gasteiger partial charge on any atom is 0.274 e. The van der Waals surface area contributed by atoms with Crippen LogP contribution < -0.4 is 10.1 Å². The SMILES string of the molecule is [2H]C(NC(=O)c1nc(C)c2cc(Oc3ccccc3)ccc2c1O)C(C)=O. The van der Waals surface area contributed by atoms with Crippen LogP contribution in [-0.4, -0.2) is 28.3 Å². The van der Waals surface area contributed by atoms with Crippen molar-refractivity contribution in [2.45, 2.75) is 13.8 Å². The maximum absolute atomic E-state index is 12.3. The largest absolute Gasteiger partial charge is 0.505 e. The van der Waals surface area contributed by atoms with E-state index in [0.29, 0.717) is 28.0 Å². The molecule has 26 heavy (non-hydrogen) atoms. The number of fused-ring (bicyclic) bond motifs is 1. The quantitative estimate of drug-likeness (QED) is 0.736. The van der Waals surface area contributed by atoms with Crippen LogP contribution in [0.4, 0.5) is 0 Å². The third kappa shape index (κ3) is 3.64. The van der Waals surface area contributed by atoms with Gasteiger partial charge in [-0.05, 0) is 44.2 Å². The average Bonchev–Trinajstić information content (AvgIpc) is 2.65. The topological polar surface area (TPSA) is 88.5 Å². The summed E-state index contributed by atoms with van der Waals surface area (Å²) in [5.41, 5.74) is 0.283. The molecule has 1 heterocycles. The summed E-state index contributed by atoms with van der Waals surface area (Å²) in [6.45, 7) is 1.50. The van der Waals surface area contributed by atoms with Crippen LogP contribution in [0.15, 0.2) is 48.5 Å². The molecule has 0 aliphatic rings. The molecule has 0 aliphatic heterocycles. The summed E-state index contributed by atoms with van der Waals surface area (Å²) in [6, 6.07) is 14.3. The first-order chi connectivity index (χ1) is 12.9. The molecule has 6 nitrogen and oxygen atoms in total. The third-order valence-corrected chi connectivity index (χ3v) is 3.74. The van der Waals surface area contributed by atoms with Gasteiger partial charge in [0.2, 0.25) is 0 Å². The second-order valence-corrected chi connectivity index (χ2v) is 5.75. The zero-order valence-electron chi connectivity index (χ0n) is 15.3. The minimum atomic E-state index is -1.41. The number of aromatic hydroxyl groups is 1. The number of nitrogens with one attached hydrogen (secondary N) is 1. The van der Waals surface area contributed by atoms with Gasteiger partial charge in [0.1, 0.15) is 17.3 Å². The van der Waals surface area contributed by atoms with Crippen molar-refractivity contribution in [3.8, 4) is 17.2 Å². The van der Waals surface area contributed by atoms with Crippen molar-refractivity contribution in [3.05, 3.63) is 59.9 Å². The number of benzene rings is 2. The van der Waals surface area contributed by atoms with Crippen molar-refractivity contribution in [2.24, 2.45) is 0 Å². The number of carbonyl (C=O) groups is 2. The van der Waals surface area contributed by atoms with Crippen LogP contribution in [0.1, 0.15) is 24.5 Å². The predicted molar refractivity (Wildman–Crippen MR) is 97.7 cm³/mol. The second-order valence-electron chi connectivity index (χ2n) is 5.75. The summed E-state index contributed by atoms with van der Waals surface area (Å²) >= 11 is 0.